The maximum atomic E-state index is 12.6. The van der Waals surface area contributed by atoms with Crippen LogP contribution in [0, 0.1) is 12.8 Å². The third-order valence-electron chi connectivity index (χ3n) is 4.68. The third kappa shape index (κ3) is 4.11. The van der Waals surface area contributed by atoms with Crippen molar-refractivity contribution in [3.8, 4) is 5.69 Å². The maximum absolute atomic E-state index is 12.6. The molecule has 1 aromatic heterocycles. The number of benzene rings is 2. The number of hydrogen-bond donors (Lipinski definition) is 2. The molecule has 0 bridgehead atoms. The highest BCUT2D eigenvalue weighted by atomic mass is 16.2. The van der Waals surface area contributed by atoms with Crippen LogP contribution < -0.4 is 10.6 Å². The first kappa shape index (κ1) is 18.0. The van der Waals surface area contributed by atoms with Crippen molar-refractivity contribution in [3.63, 3.8) is 0 Å². The van der Waals surface area contributed by atoms with Crippen LogP contribution in [0.2, 0.25) is 0 Å². The van der Waals surface area contributed by atoms with E-state index in [0.29, 0.717) is 12.4 Å². The average molecular weight is 374 g/mol. The lowest BCUT2D eigenvalue weighted by Crippen LogP contribution is -2.23. The maximum Gasteiger partial charge on any atom is 0.272 e. The predicted molar refractivity (Wildman–Crippen MR) is 107 cm³/mol. The molecule has 142 valence electrons. The molecule has 1 fully saturated rings. The van der Waals surface area contributed by atoms with E-state index in [1.165, 1.54) is 0 Å². The lowest BCUT2D eigenvalue weighted by molar-refractivity contribution is -0.117. The van der Waals surface area contributed by atoms with Crippen molar-refractivity contribution in [3.05, 3.63) is 77.5 Å². The summed E-state index contributed by atoms with van der Waals surface area (Å²) in [4.78, 5) is 24.9. The topological polar surface area (TPSA) is 76.0 Å². The van der Waals surface area contributed by atoms with Crippen molar-refractivity contribution >= 4 is 17.6 Å². The Balaban J connectivity index is 1.55. The van der Waals surface area contributed by atoms with Crippen molar-refractivity contribution in [2.45, 2.75) is 26.3 Å². The molecular formula is C22H22N4O2. The Kier molecular flexibility index (Phi) is 4.93. The molecule has 6 heteroatoms. The normalized spacial score (nSPS) is 13.2. The van der Waals surface area contributed by atoms with Gasteiger partial charge in [0.25, 0.3) is 5.91 Å². The Labute approximate surface area is 163 Å². The highest BCUT2D eigenvalue weighted by Gasteiger charge is 2.30. The zero-order valence-electron chi connectivity index (χ0n) is 15.7. The van der Waals surface area contributed by atoms with Gasteiger partial charge in [0.05, 0.1) is 5.69 Å². The number of aryl methyl sites for hydroxylation is 1. The van der Waals surface area contributed by atoms with Gasteiger partial charge >= 0.3 is 0 Å². The van der Waals surface area contributed by atoms with E-state index in [9.17, 15) is 9.59 Å². The van der Waals surface area contributed by atoms with Crippen LogP contribution in [-0.2, 0) is 11.3 Å². The summed E-state index contributed by atoms with van der Waals surface area (Å²) in [6.45, 7) is 2.43. The first-order valence-electron chi connectivity index (χ1n) is 9.40. The molecule has 2 aromatic carbocycles. The molecule has 6 nitrogen and oxygen atoms in total. The van der Waals surface area contributed by atoms with Crippen molar-refractivity contribution in [1.82, 2.24) is 15.1 Å². The van der Waals surface area contributed by atoms with Gasteiger partial charge < -0.3 is 10.6 Å². The molecule has 3 aromatic rings. The van der Waals surface area contributed by atoms with Crippen LogP contribution in [0.1, 0.15) is 34.5 Å². The van der Waals surface area contributed by atoms with Gasteiger partial charge in [-0.25, -0.2) is 4.68 Å². The largest absolute Gasteiger partial charge is 0.347 e. The summed E-state index contributed by atoms with van der Waals surface area (Å²) in [7, 11) is 0. The summed E-state index contributed by atoms with van der Waals surface area (Å²) in [6.07, 6.45) is 1.82. The number of rotatable bonds is 6. The van der Waals surface area contributed by atoms with Gasteiger partial charge in [-0.1, -0.05) is 48.0 Å². The van der Waals surface area contributed by atoms with Gasteiger partial charge in [0.2, 0.25) is 5.91 Å². The zero-order valence-corrected chi connectivity index (χ0v) is 15.7. The zero-order chi connectivity index (χ0) is 19.5. The molecule has 1 aliphatic rings. The Hall–Kier alpha value is -3.41. The van der Waals surface area contributed by atoms with E-state index in [1.54, 1.807) is 10.7 Å². The van der Waals surface area contributed by atoms with E-state index in [-0.39, 0.29) is 23.4 Å². The Bertz CT molecular complexity index is 1010. The quantitative estimate of drug-likeness (QED) is 0.694. The van der Waals surface area contributed by atoms with Crippen LogP contribution in [0.15, 0.2) is 60.7 Å². The fourth-order valence-corrected chi connectivity index (χ4v) is 3.02. The lowest BCUT2D eigenvalue weighted by Gasteiger charge is -2.08. The third-order valence-corrected chi connectivity index (χ3v) is 4.68. The minimum absolute atomic E-state index is 0.0243. The lowest BCUT2D eigenvalue weighted by atomic mass is 10.1. The predicted octanol–water partition coefficient (Wildman–Crippen LogP) is 3.46. The molecule has 2 N–H and O–H groups in total. The second-order valence-electron chi connectivity index (χ2n) is 7.10. The van der Waals surface area contributed by atoms with Crippen LogP contribution in [0.25, 0.3) is 5.69 Å². The summed E-state index contributed by atoms with van der Waals surface area (Å²) >= 11 is 0. The Morgan fingerprint density at radius 2 is 1.86 bits per heavy atom. The van der Waals surface area contributed by atoms with Crippen molar-refractivity contribution in [2.24, 2.45) is 5.92 Å². The van der Waals surface area contributed by atoms with Crippen molar-refractivity contribution in [2.75, 3.05) is 5.32 Å². The summed E-state index contributed by atoms with van der Waals surface area (Å²) in [5.41, 5.74) is 3.22. The van der Waals surface area contributed by atoms with Crippen LogP contribution in [-0.4, -0.2) is 21.6 Å². The van der Waals surface area contributed by atoms with E-state index in [0.717, 1.165) is 29.7 Å². The number of carbonyl (C=O) groups is 2. The van der Waals surface area contributed by atoms with Gasteiger partial charge in [-0.15, -0.1) is 0 Å². The van der Waals surface area contributed by atoms with E-state index >= 15 is 0 Å². The number of carbonyl (C=O) groups excluding carboxylic acids is 2. The molecule has 0 unspecified atom stereocenters. The van der Waals surface area contributed by atoms with Gasteiger partial charge in [0, 0.05) is 18.5 Å². The minimum atomic E-state index is -0.280. The van der Waals surface area contributed by atoms with Gasteiger partial charge in [0.1, 0.15) is 5.82 Å². The highest BCUT2D eigenvalue weighted by molar-refractivity contribution is 5.97. The van der Waals surface area contributed by atoms with Crippen LogP contribution in [0.5, 0.6) is 0 Å². The molecule has 28 heavy (non-hydrogen) atoms. The SMILES string of the molecule is Cc1cccc(CNC(=O)c2cc(NC(=O)C3CC3)n(-c3ccccc3)n2)c1. The van der Waals surface area contributed by atoms with Gasteiger partial charge in [0.15, 0.2) is 5.69 Å². The smallest absolute Gasteiger partial charge is 0.272 e. The highest BCUT2D eigenvalue weighted by Crippen LogP contribution is 2.30. The van der Waals surface area contributed by atoms with Crippen molar-refractivity contribution < 1.29 is 9.59 Å². The molecule has 0 radical (unpaired) electrons. The molecule has 1 aliphatic carbocycles. The van der Waals surface area contributed by atoms with Crippen molar-refractivity contribution in [1.29, 1.82) is 0 Å². The molecule has 1 heterocycles. The van der Waals surface area contributed by atoms with E-state index in [2.05, 4.69) is 15.7 Å². The minimum Gasteiger partial charge on any atom is -0.347 e. The molecule has 1 saturated carbocycles. The Morgan fingerprint density at radius 1 is 1.07 bits per heavy atom. The number of nitrogens with one attached hydrogen (secondary N) is 2. The number of nitrogens with zero attached hydrogens (tertiary/aromatic N) is 2. The number of para-hydroxylation sites is 1. The fraction of sp³-hybridized carbons (Fsp3) is 0.227. The van der Waals surface area contributed by atoms with Gasteiger partial charge in [-0.05, 0) is 37.5 Å². The Morgan fingerprint density at radius 3 is 2.57 bits per heavy atom. The van der Waals surface area contributed by atoms with Crippen LogP contribution in [0.4, 0.5) is 5.82 Å². The van der Waals surface area contributed by atoms with Crippen LogP contribution in [0.3, 0.4) is 0 Å². The molecule has 0 atom stereocenters. The summed E-state index contributed by atoms with van der Waals surface area (Å²) < 4.78 is 1.60. The van der Waals surface area contributed by atoms with E-state index in [4.69, 9.17) is 0 Å². The molecule has 0 spiro atoms. The van der Waals surface area contributed by atoms with E-state index in [1.807, 2.05) is 61.5 Å². The summed E-state index contributed by atoms with van der Waals surface area (Å²) in [6, 6.07) is 19.1. The van der Waals surface area contributed by atoms with E-state index < -0.39 is 0 Å². The molecular weight excluding hydrogens is 352 g/mol. The van der Waals surface area contributed by atoms with Crippen LogP contribution >= 0.6 is 0 Å². The molecule has 2 amide bonds. The average Bonchev–Trinajstić information content (AvgIpc) is 3.48. The van der Waals surface area contributed by atoms with Gasteiger partial charge in [-0.3, -0.25) is 9.59 Å². The molecule has 0 aliphatic heterocycles. The molecule has 0 saturated heterocycles. The molecule has 4 rings (SSSR count). The summed E-state index contributed by atoms with van der Waals surface area (Å²) in [5.74, 6) is 0.267. The summed E-state index contributed by atoms with van der Waals surface area (Å²) in [5, 5.41) is 10.2. The standard InChI is InChI=1S/C22H22N4O2/c1-15-6-5-7-16(12-15)14-23-22(28)19-13-20(24-21(27)17-10-11-17)26(25-19)18-8-3-2-4-9-18/h2-9,12-13,17H,10-11,14H2,1H3,(H,23,28)(H,24,27). The number of amides is 2. The number of aromatic nitrogens is 2. The second-order valence-corrected chi connectivity index (χ2v) is 7.10. The monoisotopic (exact) mass is 374 g/mol. The number of anilines is 1. The second kappa shape index (κ2) is 7.68. The first-order chi connectivity index (χ1) is 13.6. The first-order valence-corrected chi connectivity index (χ1v) is 9.40. The number of hydrogen-bond acceptors (Lipinski definition) is 3. The fourth-order valence-electron chi connectivity index (χ4n) is 3.02. The van der Waals surface area contributed by atoms with Gasteiger partial charge in [-0.2, -0.15) is 5.10 Å².